The van der Waals surface area contributed by atoms with E-state index in [0.717, 1.165) is 0 Å². The molecule has 1 heterocycles. The fraction of sp³-hybridized carbons (Fsp3) is 0.273. The van der Waals surface area contributed by atoms with Gasteiger partial charge in [-0.1, -0.05) is 0 Å². The zero-order valence-electron chi connectivity index (χ0n) is 9.40. The second kappa shape index (κ2) is 4.42. The summed E-state index contributed by atoms with van der Waals surface area (Å²) < 4.78 is 6.42. The Balaban J connectivity index is 2.32. The molecule has 17 heavy (non-hydrogen) atoms. The van der Waals surface area contributed by atoms with E-state index >= 15 is 0 Å². The summed E-state index contributed by atoms with van der Waals surface area (Å²) in [5.74, 6) is -0.587. The molecule has 0 bridgehead atoms. The summed E-state index contributed by atoms with van der Waals surface area (Å²) >= 11 is 0. The molecule has 3 N–H and O–H groups in total. The van der Waals surface area contributed by atoms with Gasteiger partial charge in [0.15, 0.2) is 5.58 Å². The summed E-state index contributed by atoms with van der Waals surface area (Å²) in [6.07, 6.45) is 0.261. The number of hydrogen-bond acceptors (Lipinski definition) is 4. The Labute approximate surface area is 97.0 Å². The lowest BCUT2D eigenvalue weighted by molar-refractivity contribution is -0.116. The van der Waals surface area contributed by atoms with E-state index in [2.05, 4.69) is 5.32 Å². The Morgan fingerprint density at radius 2 is 2.29 bits per heavy atom. The predicted octanol–water partition coefficient (Wildman–Crippen LogP) is 0.419. The molecule has 1 amide bonds. The van der Waals surface area contributed by atoms with E-state index in [0.29, 0.717) is 23.3 Å². The first-order valence-corrected chi connectivity index (χ1v) is 5.21. The molecule has 0 aliphatic heterocycles. The molecule has 0 spiro atoms. The van der Waals surface area contributed by atoms with Crippen LogP contribution in [-0.4, -0.2) is 17.0 Å². The lowest BCUT2D eigenvalue weighted by Gasteiger charge is -2.03. The van der Waals surface area contributed by atoms with Gasteiger partial charge in [0.1, 0.15) is 0 Å². The second-order valence-electron chi connectivity index (χ2n) is 3.70. The Hall–Kier alpha value is -2.08. The van der Waals surface area contributed by atoms with Gasteiger partial charge in [-0.15, -0.1) is 0 Å². The summed E-state index contributed by atoms with van der Waals surface area (Å²) in [6, 6.07) is 5.05. The molecule has 0 fully saturated rings. The number of nitrogens with two attached hydrogens (primary N) is 1. The van der Waals surface area contributed by atoms with E-state index in [1.54, 1.807) is 25.2 Å². The monoisotopic (exact) mass is 235 g/mol. The lowest BCUT2D eigenvalue weighted by atomic mass is 10.2. The molecule has 6 nitrogen and oxygen atoms in total. The number of nitrogens with one attached hydrogen (secondary N) is 1. The topological polar surface area (TPSA) is 90.3 Å². The number of aryl methyl sites for hydroxylation is 1. The van der Waals surface area contributed by atoms with Gasteiger partial charge in [-0.05, 0) is 12.1 Å². The minimum atomic E-state index is -0.426. The van der Waals surface area contributed by atoms with Crippen LogP contribution in [0.2, 0.25) is 0 Å². The molecule has 2 aromatic rings. The number of carbonyl (C=O) groups excluding carboxylic acids is 1. The van der Waals surface area contributed by atoms with Crippen LogP contribution in [-0.2, 0) is 11.8 Å². The molecule has 6 heteroatoms. The third-order valence-corrected chi connectivity index (χ3v) is 2.45. The number of aromatic nitrogens is 1. The molecule has 0 saturated heterocycles. The molecule has 0 radical (unpaired) electrons. The number of benzene rings is 1. The maximum Gasteiger partial charge on any atom is 0.419 e. The number of fused-ring (bicyclic) bond motifs is 1. The quantitative estimate of drug-likeness (QED) is 0.806. The number of hydrogen-bond donors (Lipinski definition) is 2. The van der Waals surface area contributed by atoms with Crippen molar-refractivity contribution in [2.75, 3.05) is 11.9 Å². The zero-order chi connectivity index (χ0) is 12.4. The van der Waals surface area contributed by atoms with Crippen molar-refractivity contribution in [3.63, 3.8) is 0 Å². The largest absolute Gasteiger partial charge is 0.419 e. The van der Waals surface area contributed by atoms with Crippen LogP contribution in [0.15, 0.2) is 27.4 Å². The first-order valence-electron chi connectivity index (χ1n) is 5.21. The van der Waals surface area contributed by atoms with Crippen LogP contribution in [0.3, 0.4) is 0 Å². The Morgan fingerprint density at radius 1 is 1.53 bits per heavy atom. The van der Waals surface area contributed by atoms with Gasteiger partial charge in [-0.3, -0.25) is 9.36 Å². The van der Waals surface area contributed by atoms with Gasteiger partial charge in [-0.2, -0.15) is 0 Å². The smallest absolute Gasteiger partial charge is 0.408 e. The van der Waals surface area contributed by atoms with E-state index in [1.807, 2.05) is 0 Å². The lowest BCUT2D eigenvalue weighted by Crippen LogP contribution is -2.16. The number of amides is 1. The van der Waals surface area contributed by atoms with Crippen molar-refractivity contribution < 1.29 is 9.21 Å². The van der Waals surface area contributed by atoms with Gasteiger partial charge in [-0.25, -0.2) is 4.79 Å². The van der Waals surface area contributed by atoms with E-state index in [4.69, 9.17) is 10.2 Å². The minimum absolute atomic E-state index is 0.162. The highest BCUT2D eigenvalue weighted by Gasteiger charge is 2.07. The van der Waals surface area contributed by atoms with Crippen molar-refractivity contribution >= 4 is 22.7 Å². The summed E-state index contributed by atoms with van der Waals surface area (Å²) in [4.78, 5) is 22.6. The standard InChI is InChI=1S/C11H13N3O3/c1-14-8-3-2-7(13-10(15)4-5-12)6-9(8)17-11(14)16/h2-3,6H,4-5,12H2,1H3,(H,13,15). The van der Waals surface area contributed by atoms with Crippen molar-refractivity contribution in [2.45, 2.75) is 6.42 Å². The Morgan fingerprint density at radius 3 is 3.00 bits per heavy atom. The van der Waals surface area contributed by atoms with Gasteiger partial charge in [0.05, 0.1) is 5.52 Å². The first kappa shape index (κ1) is 11.4. The number of carbonyl (C=O) groups is 1. The molecule has 1 aromatic heterocycles. The molecule has 2 rings (SSSR count). The van der Waals surface area contributed by atoms with E-state index < -0.39 is 5.76 Å². The van der Waals surface area contributed by atoms with Gasteiger partial charge in [0.25, 0.3) is 0 Å². The van der Waals surface area contributed by atoms with Gasteiger partial charge >= 0.3 is 5.76 Å². The van der Waals surface area contributed by atoms with Crippen LogP contribution in [0.1, 0.15) is 6.42 Å². The summed E-state index contributed by atoms with van der Waals surface area (Å²) in [7, 11) is 1.63. The van der Waals surface area contributed by atoms with Crippen LogP contribution in [0.4, 0.5) is 5.69 Å². The van der Waals surface area contributed by atoms with E-state index in [1.165, 1.54) is 4.57 Å². The third kappa shape index (κ3) is 2.21. The number of rotatable bonds is 3. The average molecular weight is 235 g/mol. The van der Waals surface area contributed by atoms with E-state index in [9.17, 15) is 9.59 Å². The highest BCUT2D eigenvalue weighted by Crippen LogP contribution is 2.17. The second-order valence-corrected chi connectivity index (χ2v) is 3.70. The maximum atomic E-state index is 11.3. The van der Waals surface area contributed by atoms with Crippen molar-refractivity contribution in [3.05, 3.63) is 28.7 Å². The van der Waals surface area contributed by atoms with Crippen LogP contribution in [0.25, 0.3) is 11.1 Å². The van der Waals surface area contributed by atoms with Crippen molar-refractivity contribution in [1.82, 2.24) is 4.57 Å². The molecular weight excluding hydrogens is 222 g/mol. The minimum Gasteiger partial charge on any atom is -0.408 e. The SMILES string of the molecule is Cn1c(=O)oc2cc(NC(=O)CCN)ccc21. The normalized spacial score (nSPS) is 10.7. The number of anilines is 1. The summed E-state index contributed by atoms with van der Waals surface area (Å²) in [5.41, 5.74) is 7.00. The fourth-order valence-corrected chi connectivity index (χ4v) is 1.57. The zero-order valence-corrected chi connectivity index (χ0v) is 9.40. The average Bonchev–Trinajstić information content (AvgIpc) is 2.55. The summed E-state index contributed by atoms with van der Waals surface area (Å²) in [5, 5.41) is 2.67. The van der Waals surface area contributed by atoms with Crippen molar-refractivity contribution in [2.24, 2.45) is 12.8 Å². The molecular formula is C11H13N3O3. The summed E-state index contributed by atoms with van der Waals surface area (Å²) in [6.45, 7) is 0.300. The maximum absolute atomic E-state index is 11.3. The van der Waals surface area contributed by atoms with Crippen LogP contribution >= 0.6 is 0 Å². The fourth-order valence-electron chi connectivity index (χ4n) is 1.57. The molecule has 0 saturated carbocycles. The number of nitrogens with zero attached hydrogens (tertiary/aromatic N) is 1. The molecule has 1 aromatic carbocycles. The third-order valence-electron chi connectivity index (χ3n) is 2.45. The first-order chi connectivity index (χ1) is 8.11. The molecule has 0 unspecified atom stereocenters. The van der Waals surface area contributed by atoms with Crippen LogP contribution in [0.5, 0.6) is 0 Å². The highest BCUT2D eigenvalue weighted by atomic mass is 16.4. The van der Waals surface area contributed by atoms with Gasteiger partial charge in [0.2, 0.25) is 5.91 Å². The van der Waals surface area contributed by atoms with Crippen LogP contribution in [0, 0.1) is 0 Å². The van der Waals surface area contributed by atoms with Crippen LogP contribution < -0.4 is 16.8 Å². The van der Waals surface area contributed by atoms with Crippen molar-refractivity contribution in [1.29, 1.82) is 0 Å². The van der Waals surface area contributed by atoms with Crippen molar-refractivity contribution in [3.8, 4) is 0 Å². The Bertz CT molecular complexity index is 612. The predicted molar refractivity (Wildman–Crippen MR) is 63.8 cm³/mol. The molecule has 0 atom stereocenters. The van der Waals surface area contributed by atoms with E-state index in [-0.39, 0.29) is 12.3 Å². The van der Waals surface area contributed by atoms with Gasteiger partial charge in [0, 0.05) is 31.8 Å². The molecule has 0 aliphatic rings. The molecule has 0 aliphatic carbocycles. The number of oxazole rings is 1. The highest BCUT2D eigenvalue weighted by molar-refractivity contribution is 5.92. The Kier molecular flexibility index (Phi) is 2.97. The molecule has 90 valence electrons. The van der Waals surface area contributed by atoms with Gasteiger partial charge < -0.3 is 15.5 Å².